The van der Waals surface area contributed by atoms with Gasteiger partial charge >= 0.3 is 0 Å². The summed E-state index contributed by atoms with van der Waals surface area (Å²) < 4.78 is 0. The van der Waals surface area contributed by atoms with E-state index in [-0.39, 0.29) is 12.4 Å². The SMILES string of the molecule is N#Cc1cc(Cl)c(Cl)cc1NCC(O)CCl. The van der Waals surface area contributed by atoms with Crippen LogP contribution in [0.5, 0.6) is 0 Å². The molecule has 2 N–H and O–H groups in total. The highest BCUT2D eigenvalue weighted by Crippen LogP contribution is 2.28. The number of benzene rings is 1. The Hall–Kier alpha value is -0.660. The van der Waals surface area contributed by atoms with Gasteiger partial charge in [0.1, 0.15) is 6.07 Å². The molecule has 0 aromatic heterocycles. The lowest BCUT2D eigenvalue weighted by Crippen LogP contribution is -2.21. The summed E-state index contributed by atoms with van der Waals surface area (Å²) in [6.07, 6.45) is -0.678. The van der Waals surface area contributed by atoms with Crippen molar-refractivity contribution in [3.8, 4) is 6.07 Å². The highest BCUT2D eigenvalue weighted by Gasteiger charge is 2.08. The Morgan fingerprint density at radius 1 is 1.38 bits per heavy atom. The normalized spacial score (nSPS) is 11.9. The lowest BCUT2D eigenvalue weighted by molar-refractivity contribution is 0.211. The minimum Gasteiger partial charge on any atom is -0.390 e. The highest BCUT2D eigenvalue weighted by atomic mass is 35.5. The van der Waals surface area contributed by atoms with E-state index in [1.807, 2.05) is 6.07 Å². The number of nitriles is 1. The van der Waals surface area contributed by atoms with Gasteiger partial charge in [0.05, 0.1) is 33.3 Å². The third kappa shape index (κ3) is 3.43. The molecule has 3 nitrogen and oxygen atoms in total. The first-order chi connectivity index (χ1) is 7.58. The summed E-state index contributed by atoms with van der Waals surface area (Å²) in [6, 6.07) is 5.00. The number of nitrogens with zero attached hydrogens (tertiary/aromatic N) is 1. The van der Waals surface area contributed by atoms with Crippen LogP contribution in [0.25, 0.3) is 0 Å². The molecule has 86 valence electrons. The predicted molar refractivity (Wildman–Crippen MR) is 66.4 cm³/mol. The van der Waals surface area contributed by atoms with Crippen LogP contribution in [0.1, 0.15) is 5.56 Å². The summed E-state index contributed by atoms with van der Waals surface area (Å²) in [4.78, 5) is 0. The van der Waals surface area contributed by atoms with Gasteiger partial charge in [0.25, 0.3) is 0 Å². The van der Waals surface area contributed by atoms with Gasteiger partial charge in [-0.25, -0.2) is 0 Å². The Labute approximate surface area is 109 Å². The summed E-state index contributed by atoms with van der Waals surface area (Å²) in [7, 11) is 0. The molecule has 0 aliphatic heterocycles. The molecule has 0 fully saturated rings. The molecule has 0 saturated carbocycles. The van der Waals surface area contributed by atoms with E-state index in [1.165, 1.54) is 6.07 Å². The average Bonchev–Trinajstić information content (AvgIpc) is 2.29. The van der Waals surface area contributed by atoms with Crippen LogP contribution in [0.4, 0.5) is 5.69 Å². The number of aliphatic hydroxyl groups excluding tert-OH is 1. The van der Waals surface area contributed by atoms with Gasteiger partial charge in [0.2, 0.25) is 0 Å². The molecule has 0 heterocycles. The Bertz CT molecular complexity index is 417. The van der Waals surface area contributed by atoms with Gasteiger partial charge in [-0.3, -0.25) is 0 Å². The number of hydrogen-bond acceptors (Lipinski definition) is 3. The number of alkyl halides is 1. The summed E-state index contributed by atoms with van der Waals surface area (Å²) in [5, 5.41) is 21.7. The van der Waals surface area contributed by atoms with E-state index in [0.717, 1.165) is 0 Å². The number of nitrogens with one attached hydrogen (secondary N) is 1. The summed E-state index contributed by atoms with van der Waals surface area (Å²) in [5.41, 5.74) is 0.900. The molecule has 1 unspecified atom stereocenters. The third-order valence-electron chi connectivity index (χ3n) is 1.89. The minimum absolute atomic E-state index is 0.121. The zero-order valence-electron chi connectivity index (χ0n) is 8.17. The molecule has 0 spiro atoms. The highest BCUT2D eigenvalue weighted by molar-refractivity contribution is 6.42. The molecule has 0 amide bonds. The lowest BCUT2D eigenvalue weighted by atomic mass is 10.2. The molecular weight excluding hydrogens is 270 g/mol. The Morgan fingerprint density at radius 3 is 2.56 bits per heavy atom. The van der Waals surface area contributed by atoms with Crippen molar-refractivity contribution in [1.29, 1.82) is 5.26 Å². The van der Waals surface area contributed by atoms with Crippen LogP contribution in [0.15, 0.2) is 12.1 Å². The maximum absolute atomic E-state index is 9.27. The molecular formula is C10H9Cl3N2O. The second-order valence-corrected chi connectivity index (χ2v) is 4.24. The maximum Gasteiger partial charge on any atom is 0.101 e. The standard InChI is InChI=1S/C10H9Cl3N2O/c11-3-7(16)5-15-10-2-9(13)8(12)1-6(10)4-14/h1-2,7,15-16H,3,5H2. The molecule has 1 atom stereocenters. The molecule has 0 aliphatic rings. The van der Waals surface area contributed by atoms with Crippen LogP contribution < -0.4 is 5.32 Å². The van der Waals surface area contributed by atoms with Crippen LogP contribution in [-0.4, -0.2) is 23.6 Å². The molecule has 16 heavy (non-hydrogen) atoms. The van der Waals surface area contributed by atoms with Gasteiger partial charge in [-0.1, -0.05) is 23.2 Å². The zero-order chi connectivity index (χ0) is 12.1. The fourth-order valence-electron chi connectivity index (χ4n) is 1.07. The van der Waals surface area contributed by atoms with E-state index in [0.29, 0.717) is 21.3 Å². The summed E-state index contributed by atoms with van der Waals surface area (Å²) >= 11 is 17.0. The van der Waals surface area contributed by atoms with E-state index >= 15 is 0 Å². The second kappa shape index (κ2) is 6.17. The number of aliphatic hydroxyl groups is 1. The average molecular weight is 280 g/mol. The first-order valence-electron chi connectivity index (χ1n) is 4.45. The quantitative estimate of drug-likeness (QED) is 0.833. The van der Waals surface area contributed by atoms with Crippen molar-refractivity contribution in [3.05, 3.63) is 27.7 Å². The first kappa shape index (κ1) is 13.4. The Morgan fingerprint density at radius 2 is 2.00 bits per heavy atom. The van der Waals surface area contributed by atoms with Crippen LogP contribution in [0.2, 0.25) is 10.0 Å². The van der Waals surface area contributed by atoms with Crippen molar-refractivity contribution in [1.82, 2.24) is 0 Å². The van der Waals surface area contributed by atoms with Crippen LogP contribution in [0.3, 0.4) is 0 Å². The molecule has 1 aromatic carbocycles. The zero-order valence-corrected chi connectivity index (χ0v) is 10.4. The van der Waals surface area contributed by atoms with Gasteiger partial charge in [-0.2, -0.15) is 5.26 Å². The molecule has 0 radical (unpaired) electrons. The number of anilines is 1. The predicted octanol–water partition coefficient (Wildman–Crippen LogP) is 2.88. The van der Waals surface area contributed by atoms with Crippen molar-refractivity contribution in [2.24, 2.45) is 0 Å². The van der Waals surface area contributed by atoms with E-state index in [9.17, 15) is 5.11 Å². The Kier molecular flexibility index (Phi) is 5.17. The van der Waals surface area contributed by atoms with E-state index in [1.54, 1.807) is 6.07 Å². The van der Waals surface area contributed by atoms with Crippen molar-refractivity contribution < 1.29 is 5.11 Å². The summed E-state index contributed by atoms with van der Waals surface area (Å²) in [6.45, 7) is 0.246. The monoisotopic (exact) mass is 278 g/mol. The van der Waals surface area contributed by atoms with Crippen molar-refractivity contribution in [3.63, 3.8) is 0 Å². The fourth-order valence-corrected chi connectivity index (χ4v) is 1.50. The van der Waals surface area contributed by atoms with Gasteiger partial charge in [-0.05, 0) is 12.1 Å². The van der Waals surface area contributed by atoms with Crippen molar-refractivity contribution in [2.75, 3.05) is 17.7 Å². The largest absolute Gasteiger partial charge is 0.390 e. The van der Waals surface area contributed by atoms with Crippen LogP contribution in [-0.2, 0) is 0 Å². The lowest BCUT2D eigenvalue weighted by Gasteiger charge is -2.12. The number of rotatable bonds is 4. The molecule has 0 bridgehead atoms. The van der Waals surface area contributed by atoms with E-state index < -0.39 is 6.10 Å². The number of halogens is 3. The maximum atomic E-state index is 9.27. The van der Waals surface area contributed by atoms with Crippen molar-refractivity contribution in [2.45, 2.75) is 6.10 Å². The fraction of sp³-hybridized carbons (Fsp3) is 0.300. The van der Waals surface area contributed by atoms with Crippen LogP contribution >= 0.6 is 34.8 Å². The first-order valence-corrected chi connectivity index (χ1v) is 5.74. The third-order valence-corrected chi connectivity index (χ3v) is 2.97. The smallest absolute Gasteiger partial charge is 0.101 e. The van der Waals surface area contributed by atoms with Gasteiger partial charge in [0, 0.05) is 6.54 Å². The molecule has 1 rings (SSSR count). The molecule has 0 saturated heterocycles. The molecule has 1 aromatic rings. The van der Waals surface area contributed by atoms with E-state index in [4.69, 9.17) is 40.1 Å². The minimum atomic E-state index is -0.678. The molecule has 0 aliphatic carbocycles. The van der Waals surface area contributed by atoms with Gasteiger partial charge < -0.3 is 10.4 Å². The van der Waals surface area contributed by atoms with Gasteiger partial charge in [-0.15, -0.1) is 11.6 Å². The van der Waals surface area contributed by atoms with Crippen molar-refractivity contribution >= 4 is 40.5 Å². The Balaban J connectivity index is 2.87. The summed E-state index contributed by atoms with van der Waals surface area (Å²) in [5.74, 6) is 0.121. The molecule has 6 heteroatoms. The van der Waals surface area contributed by atoms with E-state index in [2.05, 4.69) is 5.32 Å². The topological polar surface area (TPSA) is 56.0 Å². The van der Waals surface area contributed by atoms with Crippen LogP contribution in [0, 0.1) is 11.3 Å². The number of hydrogen-bond donors (Lipinski definition) is 2. The van der Waals surface area contributed by atoms with Gasteiger partial charge in [0.15, 0.2) is 0 Å². The second-order valence-electron chi connectivity index (χ2n) is 3.11.